The Labute approximate surface area is 274 Å². The number of imidazole rings is 1. The molecule has 0 atom stereocenters. The average Bonchev–Trinajstić information content (AvgIpc) is 3.83. The summed E-state index contributed by atoms with van der Waals surface area (Å²) in [4.78, 5) is 4.74. The zero-order chi connectivity index (χ0) is 31.6. The van der Waals surface area contributed by atoms with Crippen LogP contribution in [0.15, 0.2) is 162 Å². The van der Waals surface area contributed by atoms with E-state index in [4.69, 9.17) is 14.1 Å². The second-order valence-corrected chi connectivity index (χ2v) is 11.8. The maximum absolute atomic E-state index is 6.89. The van der Waals surface area contributed by atoms with Crippen molar-refractivity contribution in [3.63, 3.8) is 0 Å². The number of benzene rings is 6. The third kappa shape index (κ3) is 3.99. The SMILES string of the molecule is [c-]1n(-c2cccc(Oc3cc4c(c5ccccc5n4-c4ccccn4)c4oc5ccccc5c34)c2)c2ccccc2[n+]1-c1ccccc1. The van der Waals surface area contributed by atoms with Crippen molar-refractivity contribution in [1.82, 2.24) is 14.1 Å². The number of ether oxygens (including phenoxy) is 1. The lowest BCUT2D eigenvalue weighted by Crippen LogP contribution is -2.29. The van der Waals surface area contributed by atoms with E-state index in [0.29, 0.717) is 11.5 Å². The van der Waals surface area contributed by atoms with Crippen LogP contribution in [0, 0.1) is 6.33 Å². The Hall–Kier alpha value is -6.66. The van der Waals surface area contributed by atoms with E-state index >= 15 is 0 Å². The number of aromatic nitrogens is 4. The standard InChI is InChI=1S/C42H26N4O2/c1-2-13-28(14-3-1)44-27-45(35-21-8-7-20-34(35)44)29-15-12-16-30(25-29)47-38-26-36-40(42-41(38)32-18-5-9-22-37(32)48-42)31-17-4-6-19-33(31)46(36)39-23-10-11-24-43-39/h1-26H. The van der Waals surface area contributed by atoms with Crippen molar-refractivity contribution in [2.75, 3.05) is 0 Å². The van der Waals surface area contributed by atoms with Gasteiger partial charge in [0.25, 0.3) is 6.33 Å². The minimum atomic E-state index is 0.705. The third-order valence-electron chi connectivity index (χ3n) is 9.01. The van der Waals surface area contributed by atoms with E-state index in [-0.39, 0.29) is 0 Å². The van der Waals surface area contributed by atoms with E-state index in [1.165, 1.54) is 0 Å². The number of para-hydroxylation sites is 5. The molecule has 10 rings (SSSR count). The second-order valence-electron chi connectivity index (χ2n) is 11.8. The van der Waals surface area contributed by atoms with Crippen LogP contribution in [-0.2, 0) is 0 Å². The fourth-order valence-electron chi connectivity index (χ4n) is 6.94. The predicted octanol–water partition coefficient (Wildman–Crippen LogP) is 9.89. The quantitative estimate of drug-likeness (QED) is 0.143. The van der Waals surface area contributed by atoms with E-state index in [0.717, 1.165) is 72.0 Å². The minimum Gasteiger partial charge on any atom is -0.457 e. The number of hydrogen-bond acceptors (Lipinski definition) is 3. The molecule has 10 aromatic rings. The first-order chi connectivity index (χ1) is 23.8. The maximum atomic E-state index is 6.89. The third-order valence-corrected chi connectivity index (χ3v) is 9.01. The number of rotatable bonds is 5. The van der Waals surface area contributed by atoms with Crippen LogP contribution in [0.1, 0.15) is 0 Å². The summed E-state index contributed by atoms with van der Waals surface area (Å²) in [6, 6.07) is 51.4. The summed E-state index contributed by atoms with van der Waals surface area (Å²) in [5, 5.41) is 4.07. The van der Waals surface area contributed by atoms with Crippen LogP contribution in [0.4, 0.5) is 0 Å². The molecule has 0 unspecified atom stereocenters. The fourth-order valence-corrected chi connectivity index (χ4v) is 6.94. The highest BCUT2D eigenvalue weighted by atomic mass is 16.5. The Bertz CT molecular complexity index is 2810. The zero-order valence-electron chi connectivity index (χ0n) is 25.6. The van der Waals surface area contributed by atoms with E-state index < -0.39 is 0 Å². The molecule has 0 bridgehead atoms. The van der Waals surface area contributed by atoms with Crippen molar-refractivity contribution < 1.29 is 13.7 Å². The van der Waals surface area contributed by atoms with E-state index in [2.05, 4.69) is 105 Å². The molecule has 226 valence electrons. The van der Waals surface area contributed by atoms with Gasteiger partial charge in [-0.3, -0.25) is 13.7 Å². The van der Waals surface area contributed by atoms with Gasteiger partial charge in [-0.2, -0.15) is 0 Å². The van der Waals surface area contributed by atoms with Crippen molar-refractivity contribution in [3.8, 4) is 28.7 Å². The molecule has 0 aliphatic heterocycles. The van der Waals surface area contributed by atoms with Crippen LogP contribution in [0.2, 0.25) is 0 Å². The van der Waals surface area contributed by atoms with Crippen molar-refractivity contribution in [1.29, 1.82) is 0 Å². The van der Waals surface area contributed by atoms with Gasteiger partial charge in [-0.05, 0) is 54.6 Å². The molecule has 6 heteroatoms. The first kappa shape index (κ1) is 26.5. The molecule has 0 amide bonds. The second kappa shape index (κ2) is 10.4. The summed E-state index contributed by atoms with van der Waals surface area (Å²) in [5.74, 6) is 2.24. The zero-order valence-corrected chi connectivity index (χ0v) is 25.6. The molecule has 0 radical (unpaired) electrons. The molecule has 0 N–H and O–H groups in total. The number of furan rings is 1. The number of fused-ring (bicyclic) bond motifs is 8. The van der Waals surface area contributed by atoms with Crippen LogP contribution >= 0.6 is 0 Å². The van der Waals surface area contributed by atoms with Gasteiger partial charge in [0.1, 0.15) is 28.5 Å². The maximum Gasteiger partial charge on any atom is 0.269 e. The molecule has 0 spiro atoms. The van der Waals surface area contributed by atoms with E-state index in [9.17, 15) is 0 Å². The molecular weight excluding hydrogens is 592 g/mol. The molecule has 0 aliphatic rings. The van der Waals surface area contributed by atoms with Gasteiger partial charge in [-0.15, -0.1) is 0 Å². The summed E-state index contributed by atoms with van der Waals surface area (Å²) in [5.41, 5.74) is 7.71. The summed E-state index contributed by atoms with van der Waals surface area (Å²) < 4.78 is 19.9. The highest BCUT2D eigenvalue weighted by Gasteiger charge is 2.23. The van der Waals surface area contributed by atoms with Crippen molar-refractivity contribution in [3.05, 3.63) is 164 Å². The van der Waals surface area contributed by atoms with Crippen molar-refractivity contribution >= 4 is 54.8 Å². The molecule has 6 nitrogen and oxygen atoms in total. The molecule has 4 heterocycles. The fraction of sp³-hybridized carbons (Fsp3) is 0. The lowest BCUT2D eigenvalue weighted by atomic mass is 10.1. The van der Waals surface area contributed by atoms with E-state index in [1.807, 2.05) is 72.9 Å². The van der Waals surface area contributed by atoms with Crippen LogP contribution in [0.3, 0.4) is 0 Å². The molecular formula is C42H26N4O2. The van der Waals surface area contributed by atoms with Gasteiger partial charge in [0, 0.05) is 23.0 Å². The van der Waals surface area contributed by atoms with Crippen molar-refractivity contribution in [2.24, 2.45) is 0 Å². The molecule has 0 saturated heterocycles. The summed E-state index contributed by atoms with van der Waals surface area (Å²) in [6.45, 7) is 0. The number of pyridine rings is 1. The monoisotopic (exact) mass is 618 g/mol. The summed E-state index contributed by atoms with van der Waals surface area (Å²) >= 11 is 0. The number of hydrogen-bond donors (Lipinski definition) is 0. The smallest absolute Gasteiger partial charge is 0.269 e. The van der Waals surface area contributed by atoms with Crippen LogP contribution in [-0.4, -0.2) is 14.1 Å². The topological polar surface area (TPSA) is 49.0 Å². The van der Waals surface area contributed by atoms with Gasteiger partial charge in [0.2, 0.25) is 0 Å². The molecule has 48 heavy (non-hydrogen) atoms. The van der Waals surface area contributed by atoms with Crippen LogP contribution in [0.25, 0.3) is 72.0 Å². The Kier molecular flexibility index (Phi) is 5.77. The first-order valence-electron chi connectivity index (χ1n) is 15.9. The summed E-state index contributed by atoms with van der Waals surface area (Å²) in [7, 11) is 0. The van der Waals surface area contributed by atoms with Crippen LogP contribution in [0.5, 0.6) is 11.5 Å². The van der Waals surface area contributed by atoms with E-state index in [1.54, 1.807) is 0 Å². The highest BCUT2D eigenvalue weighted by Crippen LogP contribution is 2.46. The lowest BCUT2D eigenvalue weighted by molar-refractivity contribution is -0.572. The van der Waals surface area contributed by atoms with Gasteiger partial charge in [-0.1, -0.05) is 91.0 Å². The molecule has 0 aliphatic carbocycles. The Morgan fingerprint density at radius 1 is 0.625 bits per heavy atom. The van der Waals surface area contributed by atoms with Gasteiger partial charge in [0.15, 0.2) is 0 Å². The molecule has 0 saturated carbocycles. The largest absolute Gasteiger partial charge is 0.457 e. The van der Waals surface area contributed by atoms with Crippen molar-refractivity contribution in [2.45, 2.75) is 0 Å². The minimum absolute atomic E-state index is 0.705. The lowest BCUT2D eigenvalue weighted by Gasteiger charge is -2.12. The predicted molar refractivity (Wildman–Crippen MR) is 190 cm³/mol. The molecule has 4 aromatic heterocycles. The van der Waals surface area contributed by atoms with Gasteiger partial charge < -0.3 is 9.15 Å². The average molecular weight is 619 g/mol. The highest BCUT2D eigenvalue weighted by molar-refractivity contribution is 6.25. The number of nitrogens with zero attached hydrogens (tertiary/aromatic N) is 4. The molecule has 6 aromatic carbocycles. The van der Waals surface area contributed by atoms with Gasteiger partial charge in [-0.25, -0.2) is 4.98 Å². The van der Waals surface area contributed by atoms with Gasteiger partial charge >= 0.3 is 0 Å². The van der Waals surface area contributed by atoms with Crippen LogP contribution < -0.4 is 9.30 Å². The molecule has 0 fully saturated rings. The Morgan fingerprint density at radius 3 is 2.27 bits per heavy atom. The first-order valence-corrected chi connectivity index (χ1v) is 15.9. The normalized spacial score (nSPS) is 11.8. The Balaban J connectivity index is 1.19. The Morgan fingerprint density at radius 2 is 1.40 bits per heavy atom. The van der Waals surface area contributed by atoms with Gasteiger partial charge in [0.05, 0.1) is 44.2 Å². The summed E-state index contributed by atoms with van der Waals surface area (Å²) in [6.07, 6.45) is 5.40.